The lowest BCUT2D eigenvalue weighted by Crippen LogP contribution is -2.31. The molecule has 2 atom stereocenters. The number of Topliss-reactive ketones (excluding diaryl/α,β-unsaturated/α-hetero) is 1. The second-order valence-corrected chi connectivity index (χ2v) is 8.51. The Hall–Kier alpha value is -3.87. The molecule has 5 rings (SSSR count). The average Bonchev–Trinajstić information content (AvgIpc) is 3.53. The van der Waals surface area contributed by atoms with E-state index in [0.717, 1.165) is 23.3 Å². The number of nitrogens with zero attached hydrogens (tertiary/aromatic N) is 3. The zero-order valence-corrected chi connectivity index (χ0v) is 18.3. The highest BCUT2D eigenvalue weighted by Gasteiger charge is 2.45. The van der Waals surface area contributed by atoms with Crippen molar-refractivity contribution in [2.45, 2.75) is 38.5 Å². The molecule has 1 fully saturated rings. The van der Waals surface area contributed by atoms with E-state index in [-0.39, 0.29) is 17.4 Å². The number of rotatable bonds is 6. The molecule has 0 unspecified atom stereocenters. The number of carbonyl (C=O) groups is 2. The maximum absolute atomic E-state index is 13.1. The molecule has 0 radical (unpaired) electrons. The molecule has 3 aromatic rings. The van der Waals surface area contributed by atoms with E-state index < -0.39 is 17.7 Å². The van der Waals surface area contributed by atoms with E-state index in [1.807, 2.05) is 60.2 Å². The van der Waals surface area contributed by atoms with Crippen molar-refractivity contribution in [2.24, 2.45) is 0 Å². The van der Waals surface area contributed by atoms with Crippen LogP contribution in [0.1, 0.15) is 36.1 Å². The Labute approximate surface area is 191 Å². The van der Waals surface area contributed by atoms with Crippen LogP contribution in [0.25, 0.3) is 5.76 Å². The number of likely N-dealkylation sites (tertiary alicyclic amines) is 1. The molecule has 2 aliphatic heterocycles. The Morgan fingerprint density at radius 2 is 1.97 bits per heavy atom. The van der Waals surface area contributed by atoms with Gasteiger partial charge < -0.3 is 19.3 Å². The van der Waals surface area contributed by atoms with Crippen LogP contribution in [0.4, 0.5) is 0 Å². The fraction of sp³-hybridized carbons (Fsp3) is 0.269. The van der Waals surface area contributed by atoms with Gasteiger partial charge in [-0.25, -0.2) is 4.98 Å². The number of hydrogen-bond donors (Lipinski definition) is 1. The zero-order valence-electron chi connectivity index (χ0n) is 18.3. The molecule has 1 N–H and O–H groups in total. The van der Waals surface area contributed by atoms with Gasteiger partial charge in [0.15, 0.2) is 0 Å². The average molecular weight is 444 g/mol. The number of aryl methyl sites for hydroxylation is 1. The molecule has 0 spiro atoms. The summed E-state index contributed by atoms with van der Waals surface area (Å²) in [5.41, 5.74) is 2.42. The highest BCUT2D eigenvalue weighted by molar-refractivity contribution is 6.46. The second-order valence-electron chi connectivity index (χ2n) is 8.51. The molecule has 0 bridgehead atoms. The molecular formula is C26H25N3O4. The van der Waals surface area contributed by atoms with Crippen LogP contribution in [0.5, 0.6) is 5.75 Å². The number of hydrogen-bond acceptors (Lipinski definition) is 5. The predicted octanol–water partition coefficient (Wildman–Crippen LogP) is 3.72. The molecule has 1 saturated heterocycles. The van der Waals surface area contributed by atoms with Gasteiger partial charge in [-0.2, -0.15) is 0 Å². The topological polar surface area (TPSA) is 84.7 Å². The number of benzene rings is 2. The minimum atomic E-state index is -0.658. The van der Waals surface area contributed by atoms with Gasteiger partial charge in [0.1, 0.15) is 17.6 Å². The quantitative estimate of drug-likeness (QED) is 0.357. The van der Waals surface area contributed by atoms with E-state index in [2.05, 4.69) is 4.98 Å². The van der Waals surface area contributed by atoms with Crippen LogP contribution in [0.2, 0.25) is 0 Å². The molecule has 0 saturated carbocycles. The molecule has 2 aromatic carbocycles. The van der Waals surface area contributed by atoms with Crippen LogP contribution >= 0.6 is 0 Å². The summed E-state index contributed by atoms with van der Waals surface area (Å²) < 4.78 is 7.69. The third kappa shape index (κ3) is 3.91. The van der Waals surface area contributed by atoms with E-state index >= 15 is 0 Å². The largest absolute Gasteiger partial charge is 0.507 e. The minimum absolute atomic E-state index is 0.0720. The highest BCUT2D eigenvalue weighted by atomic mass is 16.5. The Balaban J connectivity index is 1.51. The van der Waals surface area contributed by atoms with Gasteiger partial charge in [0, 0.05) is 37.5 Å². The lowest BCUT2D eigenvalue weighted by Gasteiger charge is -2.25. The number of fused-ring (bicyclic) bond motifs is 1. The monoisotopic (exact) mass is 443 g/mol. The van der Waals surface area contributed by atoms with Gasteiger partial charge in [0.05, 0.1) is 17.9 Å². The van der Waals surface area contributed by atoms with Gasteiger partial charge in [-0.3, -0.25) is 9.59 Å². The Morgan fingerprint density at radius 1 is 1.15 bits per heavy atom. The van der Waals surface area contributed by atoms with Crippen molar-refractivity contribution in [3.63, 3.8) is 0 Å². The lowest BCUT2D eigenvalue weighted by atomic mass is 9.94. The SMILES string of the molecule is C[C@H]1Cc2cc(C(O)=C3C(=O)C(=O)N(CCCn4ccnc4)[C@@H]3c3ccccc3)ccc2O1. The van der Waals surface area contributed by atoms with Crippen molar-refractivity contribution in [3.8, 4) is 5.75 Å². The summed E-state index contributed by atoms with van der Waals surface area (Å²) in [7, 11) is 0. The fourth-order valence-corrected chi connectivity index (χ4v) is 4.66. The van der Waals surface area contributed by atoms with Gasteiger partial charge >= 0.3 is 0 Å². The number of carbonyl (C=O) groups excluding carboxylic acids is 2. The maximum atomic E-state index is 13.1. The third-order valence-corrected chi connectivity index (χ3v) is 6.20. The minimum Gasteiger partial charge on any atom is -0.507 e. The zero-order chi connectivity index (χ0) is 22.9. The number of ether oxygens (including phenoxy) is 1. The van der Waals surface area contributed by atoms with E-state index in [1.54, 1.807) is 23.5 Å². The van der Waals surface area contributed by atoms with Crippen molar-refractivity contribution < 1.29 is 19.4 Å². The normalized spacial score (nSPS) is 21.3. The molecule has 0 aliphatic carbocycles. The molecular weight excluding hydrogens is 418 g/mol. The van der Waals surface area contributed by atoms with Crippen LogP contribution < -0.4 is 4.74 Å². The third-order valence-electron chi connectivity index (χ3n) is 6.20. The van der Waals surface area contributed by atoms with Gasteiger partial charge in [-0.1, -0.05) is 30.3 Å². The van der Waals surface area contributed by atoms with Gasteiger partial charge in [-0.15, -0.1) is 0 Å². The van der Waals surface area contributed by atoms with E-state index in [1.165, 1.54) is 0 Å². The number of aliphatic hydroxyl groups is 1. The van der Waals surface area contributed by atoms with Crippen molar-refractivity contribution in [1.29, 1.82) is 0 Å². The van der Waals surface area contributed by atoms with Crippen molar-refractivity contribution in [2.75, 3.05) is 6.54 Å². The van der Waals surface area contributed by atoms with E-state index in [0.29, 0.717) is 25.1 Å². The van der Waals surface area contributed by atoms with Gasteiger partial charge in [0.25, 0.3) is 11.7 Å². The van der Waals surface area contributed by atoms with Gasteiger partial charge in [0.2, 0.25) is 0 Å². The first kappa shape index (κ1) is 21.0. The summed E-state index contributed by atoms with van der Waals surface area (Å²) in [6.07, 6.45) is 6.76. The number of imidazole rings is 1. The van der Waals surface area contributed by atoms with Crippen LogP contribution in [0.15, 0.2) is 72.8 Å². The van der Waals surface area contributed by atoms with Crippen molar-refractivity contribution in [1.82, 2.24) is 14.5 Å². The second kappa shape index (κ2) is 8.58. The summed E-state index contributed by atoms with van der Waals surface area (Å²) in [5, 5.41) is 11.3. The Bertz CT molecular complexity index is 1220. The fourth-order valence-electron chi connectivity index (χ4n) is 4.66. The van der Waals surface area contributed by atoms with E-state index in [9.17, 15) is 14.7 Å². The number of amides is 1. The molecule has 33 heavy (non-hydrogen) atoms. The highest BCUT2D eigenvalue weighted by Crippen LogP contribution is 2.40. The number of ketones is 1. The standard InChI is InChI=1S/C26H25N3O4/c1-17-14-20-15-19(8-9-21(20)33-17)24(30)22-23(18-6-3-2-4-7-18)29(26(32)25(22)31)12-5-11-28-13-10-27-16-28/h2-4,6-10,13,15-17,23,30H,5,11-12,14H2,1H3/t17-,23+/m0/s1. The molecule has 2 aliphatic rings. The number of aliphatic hydroxyl groups excluding tert-OH is 1. The molecule has 7 heteroatoms. The molecule has 1 aromatic heterocycles. The molecule has 7 nitrogen and oxygen atoms in total. The molecule has 1 amide bonds. The van der Waals surface area contributed by atoms with Crippen molar-refractivity contribution in [3.05, 3.63) is 89.5 Å². The predicted molar refractivity (Wildman–Crippen MR) is 123 cm³/mol. The summed E-state index contributed by atoms with van der Waals surface area (Å²) in [5.74, 6) is -0.608. The first-order chi connectivity index (χ1) is 16.0. The first-order valence-corrected chi connectivity index (χ1v) is 11.1. The van der Waals surface area contributed by atoms with Crippen molar-refractivity contribution >= 4 is 17.4 Å². The summed E-state index contributed by atoms with van der Waals surface area (Å²) >= 11 is 0. The Kier molecular flexibility index (Phi) is 5.46. The van der Waals surface area contributed by atoms with E-state index in [4.69, 9.17) is 4.74 Å². The number of aromatic nitrogens is 2. The Morgan fingerprint density at radius 3 is 2.73 bits per heavy atom. The first-order valence-electron chi connectivity index (χ1n) is 11.1. The summed E-state index contributed by atoms with van der Waals surface area (Å²) in [4.78, 5) is 31.8. The molecule has 168 valence electrons. The van der Waals surface area contributed by atoms with Crippen LogP contribution in [0.3, 0.4) is 0 Å². The van der Waals surface area contributed by atoms with Gasteiger partial charge in [-0.05, 0) is 42.7 Å². The molecule has 3 heterocycles. The lowest BCUT2D eigenvalue weighted by molar-refractivity contribution is -0.139. The summed E-state index contributed by atoms with van der Waals surface area (Å²) in [6, 6.07) is 14.1. The van der Waals surface area contributed by atoms with Crippen LogP contribution in [-0.2, 0) is 22.6 Å². The smallest absolute Gasteiger partial charge is 0.295 e. The van der Waals surface area contributed by atoms with Crippen LogP contribution in [-0.4, -0.2) is 43.9 Å². The summed E-state index contributed by atoms with van der Waals surface area (Å²) in [6.45, 7) is 3.05. The van der Waals surface area contributed by atoms with Crippen LogP contribution in [0, 0.1) is 0 Å². The maximum Gasteiger partial charge on any atom is 0.295 e.